The normalized spacial score (nSPS) is 20.3. The molecule has 4 rings (SSSR count). The molecule has 0 saturated carbocycles. The SMILES string of the molecule is CSc1ccc([C@H]2C(C#N)=C(N)N(c3ccc(Br)cc3F)C3=C2C(=O)CC(C)(C)C3)cc1. The number of benzene rings is 2. The minimum absolute atomic E-state index is 0.0297. The van der Waals surface area contributed by atoms with Gasteiger partial charge in [-0.15, -0.1) is 11.8 Å². The molecule has 2 aliphatic rings. The van der Waals surface area contributed by atoms with Gasteiger partial charge in [-0.3, -0.25) is 9.69 Å². The fourth-order valence-electron chi connectivity index (χ4n) is 4.58. The fourth-order valence-corrected chi connectivity index (χ4v) is 5.32. The van der Waals surface area contributed by atoms with Crippen molar-refractivity contribution in [1.29, 1.82) is 5.26 Å². The second-order valence-corrected chi connectivity index (χ2v) is 10.6. The lowest BCUT2D eigenvalue weighted by Gasteiger charge is -2.43. The van der Waals surface area contributed by atoms with E-state index in [2.05, 4.69) is 22.0 Å². The molecule has 32 heavy (non-hydrogen) atoms. The molecule has 2 N–H and O–H groups in total. The zero-order valence-electron chi connectivity index (χ0n) is 18.1. The third kappa shape index (κ3) is 3.87. The highest BCUT2D eigenvalue weighted by molar-refractivity contribution is 9.10. The van der Waals surface area contributed by atoms with Crippen molar-refractivity contribution in [1.82, 2.24) is 0 Å². The first kappa shape index (κ1) is 22.6. The summed E-state index contributed by atoms with van der Waals surface area (Å²) < 4.78 is 15.6. The maximum absolute atomic E-state index is 15.0. The maximum atomic E-state index is 15.0. The van der Waals surface area contributed by atoms with Gasteiger partial charge < -0.3 is 5.73 Å². The molecule has 2 aromatic rings. The molecule has 1 heterocycles. The number of anilines is 1. The molecular weight excluding hydrogens is 489 g/mol. The Kier molecular flexibility index (Phi) is 5.95. The number of ketones is 1. The maximum Gasteiger partial charge on any atom is 0.162 e. The summed E-state index contributed by atoms with van der Waals surface area (Å²) in [6.07, 6.45) is 2.90. The Hall–Kier alpha value is -2.56. The zero-order chi connectivity index (χ0) is 23.2. The first-order valence-electron chi connectivity index (χ1n) is 10.2. The van der Waals surface area contributed by atoms with Crippen LogP contribution in [0.25, 0.3) is 0 Å². The second kappa shape index (κ2) is 8.42. The predicted octanol–water partition coefficient (Wildman–Crippen LogP) is 6.25. The summed E-state index contributed by atoms with van der Waals surface area (Å²) in [5, 5.41) is 10.1. The standard InChI is InChI=1S/C25H23BrFN3OS/c1-25(2)11-20-23(21(31)12-25)22(14-4-7-16(32-3)8-5-14)17(13-28)24(29)30(20)19-9-6-15(26)10-18(19)27/h4-10,22H,11-12,29H2,1-3H3/t22-/m0/s1. The van der Waals surface area contributed by atoms with E-state index in [1.165, 1.54) is 6.07 Å². The molecule has 4 nitrogen and oxygen atoms in total. The van der Waals surface area contributed by atoms with Gasteiger partial charge in [0.2, 0.25) is 0 Å². The minimum atomic E-state index is -0.565. The van der Waals surface area contributed by atoms with Gasteiger partial charge in [-0.1, -0.05) is 41.9 Å². The minimum Gasteiger partial charge on any atom is -0.384 e. The Labute approximate surface area is 200 Å². The smallest absolute Gasteiger partial charge is 0.162 e. The monoisotopic (exact) mass is 511 g/mol. The van der Waals surface area contributed by atoms with Crippen molar-refractivity contribution in [2.75, 3.05) is 11.2 Å². The number of halogens is 2. The Morgan fingerprint density at radius 3 is 2.50 bits per heavy atom. The predicted molar refractivity (Wildman–Crippen MR) is 129 cm³/mol. The Morgan fingerprint density at radius 2 is 1.91 bits per heavy atom. The Balaban J connectivity index is 1.99. The number of carbonyl (C=O) groups is 1. The molecule has 1 aliphatic heterocycles. The first-order chi connectivity index (χ1) is 15.2. The van der Waals surface area contributed by atoms with Crippen LogP contribution in [0.1, 0.15) is 38.2 Å². The van der Waals surface area contributed by atoms with Crippen LogP contribution in [0.15, 0.2) is 74.5 Å². The van der Waals surface area contributed by atoms with E-state index < -0.39 is 11.7 Å². The molecule has 164 valence electrons. The number of nitriles is 1. The van der Waals surface area contributed by atoms with Crippen LogP contribution in [0.3, 0.4) is 0 Å². The average Bonchev–Trinajstić information content (AvgIpc) is 2.73. The van der Waals surface area contributed by atoms with E-state index in [1.807, 2.05) is 44.4 Å². The summed E-state index contributed by atoms with van der Waals surface area (Å²) in [5.41, 5.74) is 8.77. The lowest BCUT2D eigenvalue weighted by molar-refractivity contribution is -0.118. The van der Waals surface area contributed by atoms with Crippen LogP contribution in [0.2, 0.25) is 0 Å². The van der Waals surface area contributed by atoms with Gasteiger partial charge in [0.25, 0.3) is 0 Å². The number of rotatable bonds is 3. The number of thioether (sulfide) groups is 1. The van der Waals surface area contributed by atoms with Crippen molar-refractivity contribution in [2.45, 2.75) is 37.5 Å². The van der Waals surface area contributed by atoms with E-state index in [9.17, 15) is 10.1 Å². The van der Waals surface area contributed by atoms with Gasteiger partial charge in [-0.05, 0) is 54.0 Å². The molecule has 0 radical (unpaired) electrons. The summed E-state index contributed by atoms with van der Waals surface area (Å²) >= 11 is 4.91. The summed E-state index contributed by atoms with van der Waals surface area (Å²) in [4.78, 5) is 16.1. The van der Waals surface area contributed by atoms with Crippen LogP contribution in [-0.2, 0) is 4.79 Å². The van der Waals surface area contributed by atoms with Crippen LogP contribution in [-0.4, -0.2) is 12.0 Å². The molecular formula is C25H23BrFN3OS. The molecule has 0 bridgehead atoms. The average molecular weight is 512 g/mol. The number of carbonyl (C=O) groups excluding carboxylic acids is 1. The lowest BCUT2D eigenvalue weighted by atomic mass is 9.68. The highest BCUT2D eigenvalue weighted by atomic mass is 79.9. The van der Waals surface area contributed by atoms with E-state index in [-0.39, 0.29) is 28.3 Å². The third-order valence-corrected chi connectivity index (χ3v) is 7.22. The molecule has 0 spiro atoms. The van der Waals surface area contributed by atoms with Crippen LogP contribution < -0.4 is 10.6 Å². The molecule has 0 fully saturated rings. The molecule has 7 heteroatoms. The van der Waals surface area contributed by atoms with Crippen LogP contribution in [0.5, 0.6) is 0 Å². The lowest BCUT2D eigenvalue weighted by Crippen LogP contribution is -2.42. The van der Waals surface area contributed by atoms with Gasteiger partial charge >= 0.3 is 0 Å². The highest BCUT2D eigenvalue weighted by Crippen LogP contribution is 2.50. The number of hydrogen-bond donors (Lipinski definition) is 1. The van der Waals surface area contributed by atoms with Crippen LogP contribution in [0, 0.1) is 22.6 Å². The molecule has 2 aromatic carbocycles. The number of nitrogens with zero attached hydrogens (tertiary/aromatic N) is 2. The summed E-state index contributed by atoms with van der Waals surface area (Å²) in [6, 6.07) is 14.8. The van der Waals surface area contributed by atoms with Crippen molar-refractivity contribution in [3.63, 3.8) is 0 Å². The first-order valence-corrected chi connectivity index (χ1v) is 12.2. The molecule has 0 amide bonds. The topological polar surface area (TPSA) is 70.1 Å². The van der Waals surface area contributed by atoms with Gasteiger partial charge in [-0.2, -0.15) is 5.26 Å². The number of hydrogen-bond acceptors (Lipinski definition) is 5. The van der Waals surface area contributed by atoms with Crippen molar-refractivity contribution in [3.8, 4) is 6.07 Å². The van der Waals surface area contributed by atoms with Crippen LogP contribution >= 0.6 is 27.7 Å². The summed E-state index contributed by atoms with van der Waals surface area (Å²) in [7, 11) is 0. The van der Waals surface area contributed by atoms with Crippen molar-refractivity contribution < 1.29 is 9.18 Å². The van der Waals surface area contributed by atoms with Gasteiger partial charge in [-0.25, -0.2) is 4.39 Å². The van der Waals surface area contributed by atoms with E-state index in [4.69, 9.17) is 5.73 Å². The van der Waals surface area contributed by atoms with E-state index in [1.54, 1.807) is 28.8 Å². The van der Waals surface area contributed by atoms with E-state index in [0.29, 0.717) is 28.6 Å². The number of Topliss-reactive ketones (excluding diaryl/α,β-unsaturated/α-hetero) is 1. The third-order valence-electron chi connectivity index (χ3n) is 5.98. The van der Waals surface area contributed by atoms with Gasteiger partial charge in [0.1, 0.15) is 11.6 Å². The van der Waals surface area contributed by atoms with E-state index in [0.717, 1.165) is 10.5 Å². The molecule has 1 atom stereocenters. The summed E-state index contributed by atoms with van der Waals surface area (Å²) in [6.45, 7) is 4.04. The molecule has 0 unspecified atom stereocenters. The molecule has 0 aromatic heterocycles. The molecule has 1 aliphatic carbocycles. The van der Waals surface area contributed by atoms with Crippen molar-refractivity contribution in [3.05, 3.63) is 81.0 Å². The van der Waals surface area contributed by atoms with Crippen molar-refractivity contribution >= 4 is 39.2 Å². The van der Waals surface area contributed by atoms with Crippen LogP contribution in [0.4, 0.5) is 10.1 Å². The van der Waals surface area contributed by atoms with Gasteiger partial charge in [0.05, 0.1) is 23.2 Å². The van der Waals surface area contributed by atoms with Crippen molar-refractivity contribution in [2.24, 2.45) is 11.1 Å². The van der Waals surface area contributed by atoms with E-state index >= 15 is 4.39 Å². The second-order valence-electron chi connectivity index (χ2n) is 8.85. The number of allylic oxidation sites excluding steroid dienone is 3. The van der Waals surface area contributed by atoms with Gasteiger partial charge in [0.15, 0.2) is 5.78 Å². The quantitative estimate of drug-likeness (QED) is 0.493. The number of nitrogens with two attached hydrogens (primary N) is 1. The largest absolute Gasteiger partial charge is 0.384 e. The Morgan fingerprint density at radius 1 is 1.22 bits per heavy atom. The van der Waals surface area contributed by atoms with Gasteiger partial charge in [0, 0.05) is 27.1 Å². The highest BCUT2D eigenvalue weighted by Gasteiger charge is 2.45. The summed E-state index contributed by atoms with van der Waals surface area (Å²) in [5.74, 6) is -0.913. The Bertz CT molecular complexity index is 1210. The zero-order valence-corrected chi connectivity index (χ0v) is 20.5. The fraction of sp³-hybridized carbons (Fsp3) is 0.280. The molecule has 0 saturated heterocycles.